The third-order valence-corrected chi connectivity index (χ3v) is 4.66. The highest BCUT2D eigenvalue weighted by molar-refractivity contribution is 6.33. The molecule has 1 atom stereocenters. The topological polar surface area (TPSA) is 67.6 Å². The van der Waals surface area contributed by atoms with Gasteiger partial charge in [-0.1, -0.05) is 41.9 Å². The Labute approximate surface area is 151 Å². The summed E-state index contributed by atoms with van der Waals surface area (Å²) in [4.78, 5) is 14.6. The van der Waals surface area contributed by atoms with Gasteiger partial charge in [-0.2, -0.15) is 5.10 Å². The molecule has 25 heavy (non-hydrogen) atoms. The van der Waals surface area contributed by atoms with Gasteiger partial charge in [0.25, 0.3) is 5.56 Å². The van der Waals surface area contributed by atoms with Gasteiger partial charge >= 0.3 is 0 Å². The van der Waals surface area contributed by atoms with E-state index in [0.717, 1.165) is 24.9 Å². The van der Waals surface area contributed by atoms with Gasteiger partial charge in [0.2, 0.25) is 0 Å². The lowest BCUT2D eigenvalue weighted by molar-refractivity contribution is 0.0214. The molecule has 0 saturated carbocycles. The average Bonchev–Trinajstić information content (AvgIpc) is 2.65. The third-order valence-electron chi connectivity index (χ3n) is 4.31. The molecule has 1 N–H and O–H groups in total. The third kappa shape index (κ3) is 4.39. The second kappa shape index (κ2) is 8.47. The minimum atomic E-state index is -0.290. The van der Waals surface area contributed by atoms with Crippen LogP contribution in [0.25, 0.3) is 0 Å². The molecular formula is C18H22ClN3O3. The Morgan fingerprint density at radius 3 is 2.88 bits per heavy atom. The number of aliphatic hydroxyl groups is 1. The van der Waals surface area contributed by atoms with E-state index in [1.54, 1.807) is 6.20 Å². The van der Waals surface area contributed by atoms with Crippen molar-refractivity contribution in [1.82, 2.24) is 9.78 Å². The van der Waals surface area contributed by atoms with Crippen molar-refractivity contribution in [1.29, 1.82) is 0 Å². The van der Waals surface area contributed by atoms with Gasteiger partial charge in [0.05, 0.1) is 37.7 Å². The van der Waals surface area contributed by atoms with Gasteiger partial charge in [-0.05, 0) is 18.4 Å². The summed E-state index contributed by atoms with van der Waals surface area (Å²) < 4.78 is 7.00. The van der Waals surface area contributed by atoms with Gasteiger partial charge in [0.15, 0.2) is 0 Å². The summed E-state index contributed by atoms with van der Waals surface area (Å²) in [5, 5.41) is 13.4. The van der Waals surface area contributed by atoms with Crippen molar-refractivity contribution in [2.24, 2.45) is 0 Å². The number of benzene rings is 1. The maximum absolute atomic E-state index is 12.6. The average molecular weight is 364 g/mol. The number of halogens is 1. The first kappa shape index (κ1) is 17.9. The van der Waals surface area contributed by atoms with Crippen LogP contribution in [-0.2, 0) is 11.3 Å². The SMILES string of the molecule is O=c1c(Cl)c(N2CCCC(OCCO)C2)cnn1Cc1ccccc1. The smallest absolute Gasteiger partial charge is 0.287 e. The molecule has 1 aliphatic heterocycles. The van der Waals surface area contributed by atoms with Crippen LogP contribution in [0, 0.1) is 0 Å². The van der Waals surface area contributed by atoms with E-state index in [-0.39, 0.29) is 23.3 Å². The van der Waals surface area contributed by atoms with Crippen LogP contribution in [0.3, 0.4) is 0 Å². The van der Waals surface area contributed by atoms with Gasteiger partial charge < -0.3 is 14.7 Å². The first-order valence-corrected chi connectivity index (χ1v) is 8.84. The molecule has 0 spiro atoms. The number of anilines is 1. The van der Waals surface area contributed by atoms with Crippen molar-refractivity contribution < 1.29 is 9.84 Å². The number of nitrogens with zero attached hydrogens (tertiary/aromatic N) is 3. The highest BCUT2D eigenvalue weighted by atomic mass is 35.5. The predicted octanol–water partition coefficient (Wildman–Crippen LogP) is 1.92. The van der Waals surface area contributed by atoms with Gasteiger partial charge in [-0.25, -0.2) is 4.68 Å². The summed E-state index contributed by atoms with van der Waals surface area (Å²) in [6.07, 6.45) is 3.57. The second-order valence-electron chi connectivity index (χ2n) is 6.10. The standard InChI is InChI=1S/C18H22ClN3O3/c19-17-16(21-8-4-7-15(13-21)25-10-9-23)11-20-22(18(17)24)12-14-5-2-1-3-6-14/h1-3,5-6,11,15,23H,4,7-10,12-13H2. The van der Waals surface area contributed by atoms with Crippen LogP contribution in [0.2, 0.25) is 5.02 Å². The lowest BCUT2D eigenvalue weighted by Crippen LogP contribution is -2.41. The minimum Gasteiger partial charge on any atom is -0.394 e. The Kier molecular flexibility index (Phi) is 6.07. The summed E-state index contributed by atoms with van der Waals surface area (Å²) in [7, 11) is 0. The molecule has 3 rings (SSSR count). The number of rotatable bonds is 6. The van der Waals surface area contributed by atoms with E-state index in [9.17, 15) is 4.79 Å². The summed E-state index contributed by atoms with van der Waals surface area (Å²) in [5.74, 6) is 0. The maximum atomic E-state index is 12.6. The molecule has 2 heterocycles. The van der Waals surface area contributed by atoms with E-state index in [1.807, 2.05) is 35.2 Å². The monoisotopic (exact) mass is 363 g/mol. The van der Waals surface area contributed by atoms with Crippen molar-refractivity contribution >= 4 is 17.3 Å². The molecule has 0 radical (unpaired) electrons. The number of hydrogen-bond acceptors (Lipinski definition) is 5. The highest BCUT2D eigenvalue weighted by Gasteiger charge is 2.23. The van der Waals surface area contributed by atoms with E-state index in [2.05, 4.69) is 5.10 Å². The Hall–Kier alpha value is -1.89. The lowest BCUT2D eigenvalue weighted by atomic mass is 10.1. The zero-order chi connectivity index (χ0) is 17.6. The van der Waals surface area contributed by atoms with Crippen molar-refractivity contribution in [2.75, 3.05) is 31.2 Å². The molecule has 1 aromatic heterocycles. The van der Waals surface area contributed by atoms with E-state index in [1.165, 1.54) is 4.68 Å². The number of hydrogen-bond donors (Lipinski definition) is 1. The molecule has 0 bridgehead atoms. The van der Waals surface area contributed by atoms with Crippen LogP contribution in [0.5, 0.6) is 0 Å². The molecule has 1 fully saturated rings. The molecule has 0 amide bonds. The lowest BCUT2D eigenvalue weighted by Gasteiger charge is -2.34. The van der Waals surface area contributed by atoms with Crippen molar-refractivity contribution in [2.45, 2.75) is 25.5 Å². The van der Waals surface area contributed by atoms with Crippen LogP contribution in [0.15, 0.2) is 41.3 Å². The quantitative estimate of drug-likeness (QED) is 0.849. The largest absolute Gasteiger partial charge is 0.394 e. The summed E-state index contributed by atoms with van der Waals surface area (Å²) in [6.45, 7) is 2.17. The molecule has 1 saturated heterocycles. The fourth-order valence-corrected chi connectivity index (χ4v) is 3.32. The summed E-state index contributed by atoms with van der Waals surface area (Å²) in [5.41, 5.74) is 1.35. The number of aromatic nitrogens is 2. The Balaban J connectivity index is 1.77. The fraction of sp³-hybridized carbons (Fsp3) is 0.444. The van der Waals surface area contributed by atoms with Crippen molar-refractivity contribution in [3.63, 3.8) is 0 Å². The van der Waals surface area contributed by atoms with Crippen LogP contribution >= 0.6 is 11.6 Å². The fourth-order valence-electron chi connectivity index (χ4n) is 3.06. The molecule has 2 aromatic rings. The molecule has 6 nitrogen and oxygen atoms in total. The summed E-state index contributed by atoms with van der Waals surface area (Å²) >= 11 is 6.35. The molecule has 1 unspecified atom stereocenters. The van der Waals surface area contributed by atoms with Crippen molar-refractivity contribution in [3.05, 3.63) is 57.5 Å². The summed E-state index contributed by atoms with van der Waals surface area (Å²) in [6, 6.07) is 9.68. The zero-order valence-electron chi connectivity index (χ0n) is 14.0. The Bertz CT molecular complexity index is 751. The Morgan fingerprint density at radius 2 is 2.12 bits per heavy atom. The van der Waals surface area contributed by atoms with Gasteiger partial charge in [-0.3, -0.25) is 4.79 Å². The second-order valence-corrected chi connectivity index (χ2v) is 6.47. The number of ether oxygens (including phenoxy) is 1. The van der Waals surface area contributed by atoms with E-state index in [0.29, 0.717) is 25.4 Å². The molecule has 1 aliphatic rings. The van der Waals surface area contributed by atoms with E-state index < -0.39 is 0 Å². The van der Waals surface area contributed by atoms with Gasteiger partial charge in [-0.15, -0.1) is 0 Å². The maximum Gasteiger partial charge on any atom is 0.287 e. The first-order chi connectivity index (χ1) is 12.2. The minimum absolute atomic E-state index is 0.00828. The molecule has 0 aliphatic carbocycles. The predicted molar refractivity (Wildman–Crippen MR) is 97.3 cm³/mol. The Morgan fingerprint density at radius 1 is 1.32 bits per heavy atom. The van der Waals surface area contributed by atoms with Crippen LogP contribution in [0.4, 0.5) is 5.69 Å². The van der Waals surface area contributed by atoms with Crippen LogP contribution in [0.1, 0.15) is 18.4 Å². The van der Waals surface area contributed by atoms with E-state index in [4.69, 9.17) is 21.4 Å². The van der Waals surface area contributed by atoms with Crippen LogP contribution in [-0.4, -0.2) is 47.3 Å². The molecule has 1 aromatic carbocycles. The number of piperidine rings is 1. The molecule has 7 heteroatoms. The zero-order valence-corrected chi connectivity index (χ0v) is 14.7. The van der Waals surface area contributed by atoms with Gasteiger partial charge in [0, 0.05) is 13.1 Å². The highest BCUT2D eigenvalue weighted by Crippen LogP contribution is 2.25. The molecular weight excluding hydrogens is 342 g/mol. The van der Waals surface area contributed by atoms with E-state index >= 15 is 0 Å². The first-order valence-electron chi connectivity index (χ1n) is 8.46. The van der Waals surface area contributed by atoms with Crippen LogP contribution < -0.4 is 10.5 Å². The molecule has 134 valence electrons. The normalized spacial score (nSPS) is 17.7. The van der Waals surface area contributed by atoms with Gasteiger partial charge in [0.1, 0.15) is 5.02 Å². The number of aliphatic hydroxyl groups excluding tert-OH is 1. The van der Waals surface area contributed by atoms with Crippen molar-refractivity contribution in [3.8, 4) is 0 Å².